The standard InChI is InChI=1S/C26H19ClN2O5/c27-19-7-3-1-5-16(19)13-29-23(15-9-11-17(12-10-15)33-14-21(28)30)22-24(31)18-6-2-4-8-20(18)34-25(22)26(29)32/h1-12,23H,13-14H2,(H2,28,30). The van der Waals surface area contributed by atoms with Gasteiger partial charge in [-0.25, -0.2) is 0 Å². The maximum Gasteiger partial charge on any atom is 0.291 e. The van der Waals surface area contributed by atoms with Gasteiger partial charge in [0, 0.05) is 11.6 Å². The number of carbonyl (C=O) groups excluding carboxylic acids is 2. The van der Waals surface area contributed by atoms with Crippen LogP contribution in [0.2, 0.25) is 5.02 Å². The van der Waals surface area contributed by atoms with Gasteiger partial charge in [-0.1, -0.05) is 54.1 Å². The monoisotopic (exact) mass is 474 g/mol. The quantitative estimate of drug-likeness (QED) is 0.454. The SMILES string of the molecule is NC(=O)COc1ccc(C2c3c(oc4ccccc4c3=O)C(=O)N2Cc2ccccc2Cl)cc1. The van der Waals surface area contributed by atoms with Crippen molar-refractivity contribution < 1.29 is 18.7 Å². The minimum Gasteiger partial charge on any atom is -0.484 e. The first kappa shape index (κ1) is 21.7. The average Bonchev–Trinajstić information content (AvgIpc) is 3.11. The Balaban J connectivity index is 1.63. The second-order valence-electron chi connectivity index (χ2n) is 7.92. The fourth-order valence-corrected chi connectivity index (χ4v) is 4.38. The van der Waals surface area contributed by atoms with Gasteiger partial charge in [-0.05, 0) is 41.5 Å². The third-order valence-corrected chi connectivity index (χ3v) is 6.12. The van der Waals surface area contributed by atoms with Crippen molar-refractivity contribution in [3.63, 3.8) is 0 Å². The number of carbonyl (C=O) groups is 2. The lowest BCUT2D eigenvalue weighted by atomic mass is 9.98. The summed E-state index contributed by atoms with van der Waals surface area (Å²) in [5, 5.41) is 0.921. The van der Waals surface area contributed by atoms with E-state index in [0.717, 1.165) is 5.56 Å². The number of amides is 2. The van der Waals surface area contributed by atoms with Crippen molar-refractivity contribution in [1.29, 1.82) is 0 Å². The first-order chi connectivity index (χ1) is 16.4. The van der Waals surface area contributed by atoms with Crippen LogP contribution in [0.5, 0.6) is 5.75 Å². The highest BCUT2D eigenvalue weighted by Gasteiger charge is 2.42. The first-order valence-electron chi connectivity index (χ1n) is 10.5. The molecule has 1 aliphatic rings. The molecule has 0 spiro atoms. The molecule has 0 bridgehead atoms. The molecule has 4 aromatic rings. The van der Waals surface area contributed by atoms with Gasteiger partial charge in [0.15, 0.2) is 12.0 Å². The topological polar surface area (TPSA) is 103 Å². The van der Waals surface area contributed by atoms with Crippen LogP contribution in [0.15, 0.2) is 82.0 Å². The molecule has 0 saturated carbocycles. The number of halogens is 1. The molecule has 34 heavy (non-hydrogen) atoms. The van der Waals surface area contributed by atoms with Crippen molar-refractivity contribution in [2.75, 3.05) is 6.61 Å². The molecule has 7 nitrogen and oxygen atoms in total. The molecule has 1 aromatic heterocycles. The van der Waals surface area contributed by atoms with Crippen LogP contribution in [0.25, 0.3) is 11.0 Å². The summed E-state index contributed by atoms with van der Waals surface area (Å²) in [5.41, 5.74) is 6.95. The lowest BCUT2D eigenvalue weighted by Crippen LogP contribution is -2.29. The minimum absolute atomic E-state index is 0.0230. The zero-order valence-corrected chi connectivity index (χ0v) is 18.6. The van der Waals surface area contributed by atoms with Crippen LogP contribution in [0.1, 0.15) is 33.3 Å². The van der Waals surface area contributed by atoms with Crippen molar-refractivity contribution in [3.05, 3.63) is 110 Å². The molecule has 170 valence electrons. The number of ether oxygens (including phenoxy) is 1. The van der Waals surface area contributed by atoms with Gasteiger partial charge in [-0.15, -0.1) is 0 Å². The summed E-state index contributed by atoms with van der Waals surface area (Å²) < 4.78 is 11.3. The van der Waals surface area contributed by atoms with Gasteiger partial charge in [0.05, 0.1) is 17.0 Å². The Bertz CT molecular complexity index is 1480. The zero-order valence-electron chi connectivity index (χ0n) is 17.9. The molecule has 0 saturated heterocycles. The van der Waals surface area contributed by atoms with Crippen LogP contribution in [0.4, 0.5) is 0 Å². The van der Waals surface area contributed by atoms with Crippen LogP contribution in [0.3, 0.4) is 0 Å². The largest absolute Gasteiger partial charge is 0.484 e. The summed E-state index contributed by atoms with van der Waals surface area (Å²) in [6.07, 6.45) is 0. The second-order valence-corrected chi connectivity index (χ2v) is 8.33. The van der Waals surface area contributed by atoms with E-state index in [1.165, 1.54) is 0 Å². The molecule has 1 aliphatic heterocycles. The Morgan fingerprint density at radius 2 is 1.71 bits per heavy atom. The van der Waals surface area contributed by atoms with Gasteiger partial charge in [0.1, 0.15) is 11.3 Å². The van der Waals surface area contributed by atoms with Crippen molar-refractivity contribution >= 4 is 34.4 Å². The van der Waals surface area contributed by atoms with E-state index in [1.807, 2.05) is 18.2 Å². The third-order valence-electron chi connectivity index (χ3n) is 5.75. The van der Waals surface area contributed by atoms with Crippen molar-refractivity contribution in [2.45, 2.75) is 12.6 Å². The van der Waals surface area contributed by atoms with E-state index in [2.05, 4.69) is 0 Å². The summed E-state index contributed by atoms with van der Waals surface area (Å²) in [5.74, 6) is -0.517. The number of hydrogen-bond acceptors (Lipinski definition) is 5. The van der Waals surface area contributed by atoms with Crippen molar-refractivity contribution in [2.24, 2.45) is 5.73 Å². The third kappa shape index (κ3) is 3.80. The van der Waals surface area contributed by atoms with Crippen LogP contribution >= 0.6 is 11.6 Å². The fourth-order valence-electron chi connectivity index (χ4n) is 4.19. The molecule has 2 N–H and O–H groups in total. The molecule has 3 aromatic carbocycles. The number of nitrogens with two attached hydrogens (primary N) is 1. The Kier molecular flexibility index (Phi) is 5.55. The van der Waals surface area contributed by atoms with E-state index in [1.54, 1.807) is 59.5 Å². The van der Waals surface area contributed by atoms with Crippen LogP contribution in [0, 0.1) is 0 Å². The lowest BCUT2D eigenvalue weighted by Gasteiger charge is -2.25. The highest BCUT2D eigenvalue weighted by atomic mass is 35.5. The van der Waals surface area contributed by atoms with Crippen molar-refractivity contribution in [3.8, 4) is 5.75 Å². The normalized spacial score (nSPS) is 14.9. The molecule has 0 fully saturated rings. The zero-order chi connectivity index (χ0) is 23.8. The van der Waals surface area contributed by atoms with E-state index in [9.17, 15) is 14.4 Å². The van der Waals surface area contributed by atoms with Gasteiger partial charge in [0.2, 0.25) is 5.76 Å². The second kappa shape index (κ2) is 8.68. The minimum atomic E-state index is -0.690. The first-order valence-corrected chi connectivity index (χ1v) is 10.9. The van der Waals surface area contributed by atoms with Gasteiger partial charge in [-0.2, -0.15) is 0 Å². The van der Waals surface area contributed by atoms with Gasteiger partial charge >= 0.3 is 0 Å². The number of para-hydroxylation sites is 1. The number of rotatable bonds is 6. The number of benzene rings is 3. The molecule has 0 radical (unpaired) electrons. The van der Waals surface area contributed by atoms with Crippen molar-refractivity contribution in [1.82, 2.24) is 4.90 Å². The predicted molar refractivity (Wildman–Crippen MR) is 127 cm³/mol. The van der Waals surface area contributed by atoms with E-state index in [-0.39, 0.29) is 29.9 Å². The lowest BCUT2D eigenvalue weighted by molar-refractivity contribution is -0.119. The predicted octanol–water partition coefficient (Wildman–Crippen LogP) is 4.06. The Labute approximate surface area is 199 Å². The maximum atomic E-state index is 13.5. The Morgan fingerprint density at radius 1 is 1.00 bits per heavy atom. The van der Waals surface area contributed by atoms with E-state index in [4.69, 9.17) is 26.5 Å². The number of primary amides is 1. The highest BCUT2D eigenvalue weighted by Crippen LogP contribution is 2.40. The number of nitrogens with zero attached hydrogens (tertiary/aromatic N) is 1. The summed E-state index contributed by atoms with van der Waals surface area (Å²) >= 11 is 6.38. The van der Waals surface area contributed by atoms with E-state index >= 15 is 0 Å². The Hall–Kier alpha value is -4.10. The summed E-state index contributed by atoms with van der Waals surface area (Å²) in [6.45, 7) is -0.0681. The van der Waals surface area contributed by atoms with Gasteiger partial charge < -0.3 is 19.8 Å². The molecule has 2 amide bonds. The molecule has 1 atom stereocenters. The summed E-state index contributed by atoms with van der Waals surface area (Å²) in [7, 11) is 0. The Morgan fingerprint density at radius 3 is 2.44 bits per heavy atom. The maximum absolute atomic E-state index is 13.5. The van der Waals surface area contributed by atoms with Crippen LogP contribution in [-0.4, -0.2) is 23.3 Å². The molecule has 2 heterocycles. The molecular formula is C26H19ClN2O5. The summed E-state index contributed by atoms with van der Waals surface area (Å²) in [6, 6.07) is 20.2. The number of hydrogen-bond donors (Lipinski definition) is 1. The smallest absolute Gasteiger partial charge is 0.291 e. The average molecular weight is 475 g/mol. The van der Waals surface area contributed by atoms with Crippen LogP contribution < -0.4 is 15.9 Å². The van der Waals surface area contributed by atoms with E-state index in [0.29, 0.717) is 27.3 Å². The molecule has 1 unspecified atom stereocenters. The number of fused-ring (bicyclic) bond motifs is 2. The van der Waals surface area contributed by atoms with Gasteiger partial charge in [0.25, 0.3) is 11.8 Å². The molecular weight excluding hydrogens is 456 g/mol. The fraction of sp³-hybridized carbons (Fsp3) is 0.115. The molecule has 5 rings (SSSR count). The summed E-state index contributed by atoms with van der Waals surface area (Å²) in [4.78, 5) is 39.6. The van der Waals surface area contributed by atoms with E-state index < -0.39 is 17.9 Å². The molecule has 8 heteroatoms. The van der Waals surface area contributed by atoms with Gasteiger partial charge in [-0.3, -0.25) is 14.4 Å². The van der Waals surface area contributed by atoms with Crippen LogP contribution in [-0.2, 0) is 11.3 Å². The molecule has 0 aliphatic carbocycles. The highest BCUT2D eigenvalue weighted by molar-refractivity contribution is 6.31.